The summed E-state index contributed by atoms with van der Waals surface area (Å²) in [6.45, 7) is -0.723. The summed E-state index contributed by atoms with van der Waals surface area (Å²) < 4.78 is 32.2. The summed E-state index contributed by atoms with van der Waals surface area (Å²) >= 11 is -1.50. The first kappa shape index (κ1) is 20.8. The number of hydrogen-bond donors (Lipinski definition) is 2. The van der Waals surface area contributed by atoms with Gasteiger partial charge in [0.1, 0.15) is 5.75 Å². The lowest BCUT2D eigenvalue weighted by molar-refractivity contribution is -0.111. The highest BCUT2D eigenvalue weighted by atomic mass is 127. The number of carbonyl (C=O) groups excluding carboxylic acids is 1. The van der Waals surface area contributed by atoms with Gasteiger partial charge in [0.2, 0.25) is 5.91 Å². The lowest BCUT2D eigenvalue weighted by atomic mass is 10.0. The molecule has 0 aliphatic heterocycles. The zero-order chi connectivity index (χ0) is 20.7. The Morgan fingerprint density at radius 1 is 1.34 bits per heavy atom. The molecule has 6 nitrogen and oxygen atoms in total. The molecular weight excluding hydrogens is 493 g/mol. The average molecular weight is 510 g/mol. The molecule has 150 valence electrons. The Bertz CT molecular complexity index is 1020. The van der Waals surface area contributed by atoms with Crippen molar-refractivity contribution in [1.82, 2.24) is 15.2 Å². The van der Waals surface area contributed by atoms with Crippen molar-refractivity contribution in [2.45, 2.75) is 3.93 Å². The number of ether oxygens (including phenoxy) is 1. The molecule has 1 amide bonds. The SMILES string of the molecule is C=IC(F)(F)COc1cccc(NC(=O)/C=C/c2cnccc2-c2cn[nH]c2)c1. The van der Waals surface area contributed by atoms with Gasteiger partial charge in [-0.3, -0.25) is 14.9 Å². The van der Waals surface area contributed by atoms with Crippen LogP contribution in [-0.4, -0.2) is 36.1 Å². The summed E-state index contributed by atoms with van der Waals surface area (Å²) in [5, 5.41) is 9.35. The van der Waals surface area contributed by atoms with Crippen LogP contribution in [0.4, 0.5) is 14.5 Å². The molecule has 0 radical (unpaired) electrons. The van der Waals surface area contributed by atoms with Crippen molar-refractivity contribution in [3.63, 3.8) is 0 Å². The summed E-state index contributed by atoms with van der Waals surface area (Å²) in [6, 6.07) is 8.13. The molecule has 0 saturated carbocycles. The lowest BCUT2D eigenvalue weighted by Gasteiger charge is -2.13. The Labute approximate surface area is 175 Å². The van der Waals surface area contributed by atoms with Gasteiger partial charge in [-0.2, -0.15) is 13.9 Å². The third-order valence-corrected chi connectivity index (χ3v) is 5.20. The van der Waals surface area contributed by atoms with Crippen LogP contribution < -0.4 is 10.1 Å². The molecule has 0 saturated heterocycles. The smallest absolute Gasteiger partial charge is 0.324 e. The molecule has 3 aromatic rings. The number of carbonyl (C=O) groups is 1. The van der Waals surface area contributed by atoms with Crippen molar-refractivity contribution in [3.8, 4) is 16.9 Å². The van der Waals surface area contributed by atoms with Crippen molar-refractivity contribution < 1.29 is 18.3 Å². The summed E-state index contributed by atoms with van der Waals surface area (Å²) in [6.07, 6.45) is 9.74. The van der Waals surface area contributed by atoms with Gasteiger partial charge in [0.05, 0.1) is 6.20 Å². The van der Waals surface area contributed by atoms with E-state index in [2.05, 4.69) is 25.0 Å². The Kier molecular flexibility index (Phi) is 6.81. The van der Waals surface area contributed by atoms with Crippen LogP contribution in [0.3, 0.4) is 0 Å². The minimum Gasteiger partial charge on any atom is -0.486 e. The van der Waals surface area contributed by atoms with E-state index >= 15 is 0 Å². The molecule has 3 rings (SSSR count). The molecule has 9 heteroatoms. The number of aromatic amines is 1. The van der Waals surface area contributed by atoms with E-state index in [1.54, 1.807) is 49.1 Å². The van der Waals surface area contributed by atoms with E-state index in [9.17, 15) is 13.6 Å². The molecular formula is C20H17F2IN4O2. The normalized spacial score (nSPS) is 11.5. The van der Waals surface area contributed by atoms with Crippen LogP contribution in [0, 0.1) is 0 Å². The van der Waals surface area contributed by atoms with Crippen molar-refractivity contribution in [2.24, 2.45) is 0 Å². The third-order valence-electron chi connectivity index (χ3n) is 3.77. The predicted octanol–water partition coefficient (Wildman–Crippen LogP) is 4.50. The van der Waals surface area contributed by atoms with Crippen molar-refractivity contribution >= 4 is 42.9 Å². The second-order valence-electron chi connectivity index (χ2n) is 5.84. The van der Waals surface area contributed by atoms with E-state index in [4.69, 9.17) is 4.74 Å². The molecule has 0 bridgehead atoms. The van der Waals surface area contributed by atoms with Gasteiger partial charge in [0, 0.05) is 47.5 Å². The molecule has 0 spiro atoms. The quantitative estimate of drug-likeness (QED) is 0.266. The maximum atomic E-state index is 13.3. The topological polar surface area (TPSA) is 79.9 Å². The van der Waals surface area contributed by atoms with Crippen molar-refractivity contribution in [3.05, 3.63) is 66.8 Å². The molecule has 1 aromatic carbocycles. The fourth-order valence-electron chi connectivity index (χ4n) is 2.42. The van der Waals surface area contributed by atoms with E-state index in [1.165, 1.54) is 12.1 Å². The van der Waals surface area contributed by atoms with Gasteiger partial charge in [-0.05, 0) is 50.6 Å². The van der Waals surface area contributed by atoms with E-state index in [-0.39, 0.29) is 11.7 Å². The minimum absolute atomic E-state index is 0.249. The standard InChI is InChI=1S/C20H17F2IN4O2/c1-23-20(21,22)13-29-17-4-2-3-16(9-17)27-19(28)6-5-14-10-24-8-7-18(14)15-11-25-26-12-15/h2-12H,1,13H2,(H,25,26)(H,27,28)/b6-5+. The zero-order valence-corrected chi connectivity index (χ0v) is 17.3. The number of nitrogens with one attached hydrogen (secondary N) is 2. The average Bonchev–Trinajstić information content (AvgIpc) is 3.26. The first-order chi connectivity index (χ1) is 14.0. The molecule has 0 unspecified atom stereocenters. The van der Waals surface area contributed by atoms with Gasteiger partial charge in [-0.25, -0.2) is 0 Å². The maximum Gasteiger partial charge on any atom is 0.324 e. The number of H-pyrrole nitrogens is 1. The van der Waals surface area contributed by atoms with Gasteiger partial charge in [-0.1, -0.05) is 10.6 Å². The largest absolute Gasteiger partial charge is 0.486 e. The summed E-state index contributed by atoms with van der Waals surface area (Å²) in [4.78, 5) is 16.3. The van der Waals surface area contributed by atoms with Crippen LogP contribution in [0.5, 0.6) is 5.75 Å². The first-order valence-corrected chi connectivity index (χ1v) is 11.0. The number of alkyl halides is 3. The van der Waals surface area contributed by atoms with Crippen LogP contribution in [0.25, 0.3) is 17.2 Å². The monoisotopic (exact) mass is 510 g/mol. The van der Waals surface area contributed by atoms with Gasteiger partial charge < -0.3 is 10.1 Å². The Hall–Kier alpha value is -2.95. The molecule has 0 aliphatic carbocycles. The number of rotatable bonds is 8. The van der Waals surface area contributed by atoms with Crippen molar-refractivity contribution in [2.75, 3.05) is 11.9 Å². The highest BCUT2D eigenvalue weighted by Crippen LogP contribution is 2.28. The van der Waals surface area contributed by atoms with Crippen LogP contribution in [0.15, 0.2) is 61.2 Å². The molecule has 2 N–H and O–H groups in total. The van der Waals surface area contributed by atoms with E-state index < -0.39 is 31.3 Å². The maximum absolute atomic E-state index is 13.3. The predicted molar refractivity (Wildman–Crippen MR) is 118 cm³/mol. The summed E-state index contributed by atoms with van der Waals surface area (Å²) in [5.41, 5.74) is 2.94. The second-order valence-corrected chi connectivity index (χ2v) is 8.18. The summed E-state index contributed by atoms with van der Waals surface area (Å²) in [7, 11) is 0. The van der Waals surface area contributed by atoms with E-state index in [0.717, 1.165) is 16.7 Å². The van der Waals surface area contributed by atoms with Crippen LogP contribution in [0.2, 0.25) is 0 Å². The highest BCUT2D eigenvalue weighted by molar-refractivity contribution is 14.2. The third kappa shape index (κ3) is 6.01. The molecule has 0 atom stereocenters. The van der Waals surface area contributed by atoms with Crippen LogP contribution in [-0.2, 0) is 4.79 Å². The second kappa shape index (κ2) is 9.50. The number of nitrogens with zero attached hydrogens (tertiary/aromatic N) is 2. The Morgan fingerprint density at radius 2 is 2.21 bits per heavy atom. The Balaban J connectivity index is 1.66. The number of anilines is 1. The molecule has 0 aliphatic rings. The fourth-order valence-corrected chi connectivity index (χ4v) is 2.79. The van der Waals surface area contributed by atoms with Gasteiger partial charge in [0.15, 0.2) is 6.61 Å². The number of pyridine rings is 1. The molecule has 2 aromatic heterocycles. The number of benzene rings is 1. The van der Waals surface area contributed by atoms with Crippen LogP contribution >= 0.6 is 20.7 Å². The lowest BCUT2D eigenvalue weighted by Crippen LogP contribution is -2.18. The van der Waals surface area contributed by atoms with Gasteiger partial charge in [-0.15, -0.1) is 0 Å². The molecule has 29 heavy (non-hydrogen) atoms. The number of aromatic nitrogens is 3. The minimum atomic E-state index is -2.89. The van der Waals surface area contributed by atoms with E-state index in [1.807, 2.05) is 6.07 Å². The van der Waals surface area contributed by atoms with Gasteiger partial charge >= 0.3 is 3.93 Å². The molecule has 0 fully saturated rings. The van der Waals surface area contributed by atoms with Gasteiger partial charge in [0.25, 0.3) is 0 Å². The summed E-state index contributed by atoms with van der Waals surface area (Å²) in [5.74, 6) is -0.128. The fraction of sp³-hybridized carbons (Fsp3) is 0.100. The number of halogens is 3. The van der Waals surface area contributed by atoms with E-state index in [0.29, 0.717) is 5.69 Å². The van der Waals surface area contributed by atoms with Crippen molar-refractivity contribution in [1.29, 1.82) is 0 Å². The highest BCUT2D eigenvalue weighted by Gasteiger charge is 2.26. The number of amides is 1. The zero-order valence-electron chi connectivity index (χ0n) is 15.1. The first-order valence-electron chi connectivity index (χ1n) is 8.39. The van der Waals surface area contributed by atoms with Crippen LogP contribution in [0.1, 0.15) is 5.56 Å². The number of hydrogen-bond acceptors (Lipinski definition) is 4. The Morgan fingerprint density at radius 3 is 2.97 bits per heavy atom. The molecule has 2 heterocycles.